The second-order valence-electron chi connectivity index (χ2n) is 11.5. The number of hydrogen-bond acceptors (Lipinski definition) is 7. The molecule has 0 amide bonds. The highest BCUT2D eigenvalue weighted by Crippen LogP contribution is 2.32. The van der Waals surface area contributed by atoms with Crippen molar-refractivity contribution in [3.63, 3.8) is 0 Å². The number of aliphatic hydroxyl groups is 1. The third-order valence-electron chi connectivity index (χ3n) is 7.91. The Morgan fingerprint density at radius 1 is 1.10 bits per heavy atom. The number of pyridine rings is 2. The van der Waals surface area contributed by atoms with Gasteiger partial charge in [0.05, 0.1) is 11.9 Å². The lowest BCUT2D eigenvalue weighted by atomic mass is 10.0. The lowest BCUT2D eigenvalue weighted by Crippen LogP contribution is -2.43. The van der Waals surface area contributed by atoms with Gasteiger partial charge in [0.25, 0.3) is 5.56 Å². The highest BCUT2D eigenvalue weighted by molar-refractivity contribution is 5.83. The summed E-state index contributed by atoms with van der Waals surface area (Å²) in [6.45, 7) is 13.4. The number of fused-ring (bicyclic) bond motifs is 1. The first-order valence-corrected chi connectivity index (χ1v) is 14.1. The molecule has 9 heteroatoms. The Labute approximate surface area is 236 Å². The summed E-state index contributed by atoms with van der Waals surface area (Å²) in [5.74, 6) is 0. The summed E-state index contributed by atoms with van der Waals surface area (Å²) in [5.41, 5.74) is 6.76. The first-order valence-electron chi connectivity index (χ1n) is 14.1. The van der Waals surface area contributed by atoms with Crippen LogP contribution in [0.5, 0.6) is 0 Å². The number of aliphatic hydroxyl groups excluding tert-OH is 1. The molecule has 1 aromatic carbocycles. The molecular weight excluding hydrogens is 502 g/mol. The van der Waals surface area contributed by atoms with Gasteiger partial charge >= 0.3 is 0 Å². The standard InChI is InChI=1S/C31H41N7O2/c1-20(2)38-29-26(17-32-38)25(31(40)36(6)19-27-21(3)14-22(4)33-30(27)39)16-28(34-29)24-9-7-8-23(15-24)18-37-12-10-35(5)11-13-37/h7-9,14-17,20,31,40H,10-13,18-19H2,1-6H3,(H,33,39). The van der Waals surface area contributed by atoms with Gasteiger partial charge in [0, 0.05) is 73.1 Å². The van der Waals surface area contributed by atoms with Crippen molar-refractivity contribution >= 4 is 11.0 Å². The number of benzene rings is 1. The minimum absolute atomic E-state index is 0.111. The van der Waals surface area contributed by atoms with Crippen molar-refractivity contribution < 1.29 is 5.11 Å². The summed E-state index contributed by atoms with van der Waals surface area (Å²) in [7, 11) is 4.00. The molecule has 1 aliphatic heterocycles. The number of H-pyrrole nitrogens is 1. The van der Waals surface area contributed by atoms with E-state index in [-0.39, 0.29) is 11.6 Å². The zero-order valence-electron chi connectivity index (χ0n) is 24.5. The number of nitrogens with zero attached hydrogens (tertiary/aromatic N) is 6. The Hall–Kier alpha value is -3.37. The SMILES string of the molecule is Cc1cc(C)c(CN(C)C(O)c2cc(-c3cccc(CN4CCN(C)CC4)c3)nc3c2cnn3C(C)C)c(=O)[nH]1. The minimum Gasteiger partial charge on any atom is -0.374 e. The molecule has 0 spiro atoms. The predicted molar refractivity (Wildman–Crippen MR) is 159 cm³/mol. The second-order valence-corrected chi connectivity index (χ2v) is 11.5. The van der Waals surface area contributed by atoms with E-state index in [9.17, 15) is 9.90 Å². The minimum atomic E-state index is -0.956. The number of aryl methyl sites for hydroxylation is 2. The summed E-state index contributed by atoms with van der Waals surface area (Å²) >= 11 is 0. The van der Waals surface area contributed by atoms with E-state index in [0.29, 0.717) is 12.1 Å². The van der Waals surface area contributed by atoms with Crippen molar-refractivity contribution in [1.29, 1.82) is 0 Å². The molecule has 0 bridgehead atoms. The van der Waals surface area contributed by atoms with Crippen molar-refractivity contribution in [2.45, 2.75) is 53.1 Å². The van der Waals surface area contributed by atoms with Crippen LogP contribution < -0.4 is 5.56 Å². The molecule has 1 saturated heterocycles. The first-order chi connectivity index (χ1) is 19.1. The van der Waals surface area contributed by atoms with Crippen LogP contribution in [0.3, 0.4) is 0 Å². The van der Waals surface area contributed by atoms with E-state index in [1.54, 1.807) is 11.1 Å². The Bertz CT molecular complexity index is 1550. The van der Waals surface area contributed by atoms with Gasteiger partial charge in [-0.25, -0.2) is 9.67 Å². The lowest BCUT2D eigenvalue weighted by Gasteiger charge is -2.32. The normalized spacial score (nSPS) is 15.9. The Morgan fingerprint density at radius 3 is 2.55 bits per heavy atom. The van der Waals surface area contributed by atoms with Gasteiger partial charge in [-0.05, 0) is 71.1 Å². The molecule has 1 aliphatic rings. The van der Waals surface area contributed by atoms with E-state index in [0.717, 1.165) is 71.8 Å². The van der Waals surface area contributed by atoms with E-state index in [4.69, 9.17) is 4.98 Å². The van der Waals surface area contributed by atoms with Gasteiger partial charge in [0.1, 0.15) is 6.23 Å². The fraction of sp³-hybridized carbons (Fsp3) is 0.452. The molecule has 1 unspecified atom stereocenters. The van der Waals surface area contributed by atoms with Crippen LogP contribution in [0.1, 0.15) is 54.1 Å². The number of aromatic nitrogens is 4. The largest absolute Gasteiger partial charge is 0.374 e. The summed E-state index contributed by atoms with van der Waals surface area (Å²) in [6.07, 6.45) is 0.828. The van der Waals surface area contributed by atoms with Crippen LogP contribution >= 0.6 is 0 Å². The zero-order valence-corrected chi connectivity index (χ0v) is 24.5. The molecule has 9 nitrogen and oxygen atoms in total. The average Bonchev–Trinajstić information content (AvgIpc) is 3.35. The van der Waals surface area contributed by atoms with Crippen molar-refractivity contribution in [3.8, 4) is 11.3 Å². The number of aromatic amines is 1. The third-order valence-corrected chi connectivity index (χ3v) is 7.91. The molecule has 0 aliphatic carbocycles. The van der Waals surface area contributed by atoms with Gasteiger partial charge in [-0.3, -0.25) is 14.6 Å². The summed E-state index contributed by atoms with van der Waals surface area (Å²) in [5, 5.41) is 17.1. The van der Waals surface area contributed by atoms with E-state index in [2.05, 4.69) is 65.0 Å². The number of piperazine rings is 1. The number of nitrogens with one attached hydrogen (secondary N) is 1. The summed E-state index contributed by atoms with van der Waals surface area (Å²) in [4.78, 5) is 27.3. The number of hydrogen-bond donors (Lipinski definition) is 2. The Morgan fingerprint density at radius 2 is 1.85 bits per heavy atom. The van der Waals surface area contributed by atoms with E-state index >= 15 is 0 Å². The van der Waals surface area contributed by atoms with Gasteiger partial charge in [0.2, 0.25) is 0 Å². The highest BCUT2D eigenvalue weighted by atomic mass is 16.3. The molecule has 5 rings (SSSR count). The van der Waals surface area contributed by atoms with Crippen LogP contribution in [0.2, 0.25) is 0 Å². The molecule has 1 fully saturated rings. The third kappa shape index (κ3) is 5.88. The maximum atomic E-state index is 12.7. The van der Waals surface area contributed by atoms with Crippen molar-refractivity contribution in [2.24, 2.45) is 0 Å². The molecule has 0 saturated carbocycles. The summed E-state index contributed by atoms with van der Waals surface area (Å²) in [6, 6.07) is 12.6. The van der Waals surface area contributed by atoms with E-state index in [1.807, 2.05) is 37.7 Å². The smallest absolute Gasteiger partial charge is 0.252 e. The molecule has 0 radical (unpaired) electrons. The van der Waals surface area contributed by atoms with Crippen LogP contribution in [0, 0.1) is 13.8 Å². The quantitative estimate of drug-likeness (QED) is 0.326. The Kier molecular flexibility index (Phi) is 8.19. The van der Waals surface area contributed by atoms with Crippen LogP contribution in [-0.2, 0) is 13.1 Å². The van der Waals surface area contributed by atoms with Crippen LogP contribution in [0.25, 0.3) is 22.3 Å². The van der Waals surface area contributed by atoms with E-state index in [1.165, 1.54) is 5.56 Å². The number of rotatable bonds is 8. The topological polar surface area (TPSA) is 93.5 Å². The lowest BCUT2D eigenvalue weighted by molar-refractivity contribution is 0.0160. The second kappa shape index (κ2) is 11.6. The molecule has 2 N–H and O–H groups in total. The summed E-state index contributed by atoms with van der Waals surface area (Å²) < 4.78 is 1.90. The van der Waals surface area contributed by atoms with Crippen LogP contribution in [0.15, 0.2) is 47.4 Å². The van der Waals surface area contributed by atoms with Gasteiger partial charge in [-0.2, -0.15) is 5.10 Å². The molecule has 1 atom stereocenters. The maximum absolute atomic E-state index is 12.7. The molecule has 3 aromatic heterocycles. The molecule has 40 heavy (non-hydrogen) atoms. The molecule has 4 aromatic rings. The monoisotopic (exact) mass is 543 g/mol. The van der Waals surface area contributed by atoms with Crippen LogP contribution in [-0.4, -0.2) is 79.8 Å². The average molecular weight is 544 g/mol. The van der Waals surface area contributed by atoms with E-state index < -0.39 is 6.23 Å². The Balaban J connectivity index is 1.50. The molecule has 4 heterocycles. The molecular formula is C31H41N7O2. The van der Waals surface area contributed by atoms with Gasteiger partial charge in [0.15, 0.2) is 5.65 Å². The first kappa shape index (κ1) is 28.2. The van der Waals surface area contributed by atoms with Crippen molar-refractivity contribution in [1.82, 2.24) is 34.4 Å². The number of likely N-dealkylation sites (N-methyl/N-ethyl adjacent to an activating group) is 1. The highest BCUT2D eigenvalue weighted by Gasteiger charge is 2.23. The van der Waals surface area contributed by atoms with Crippen molar-refractivity contribution in [3.05, 3.63) is 80.9 Å². The maximum Gasteiger partial charge on any atom is 0.252 e. The van der Waals surface area contributed by atoms with Crippen LogP contribution in [0.4, 0.5) is 0 Å². The molecule has 212 valence electrons. The van der Waals surface area contributed by atoms with Gasteiger partial charge in [-0.1, -0.05) is 18.2 Å². The fourth-order valence-electron chi connectivity index (χ4n) is 5.53. The van der Waals surface area contributed by atoms with Gasteiger partial charge in [-0.15, -0.1) is 0 Å². The fourth-order valence-corrected chi connectivity index (χ4v) is 5.53. The van der Waals surface area contributed by atoms with Gasteiger partial charge < -0.3 is 15.0 Å². The van der Waals surface area contributed by atoms with Crippen molar-refractivity contribution in [2.75, 3.05) is 40.3 Å². The zero-order chi connectivity index (χ0) is 28.6. The predicted octanol–water partition coefficient (Wildman–Crippen LogP) is 3.85.